The highest BCUT2D eigenvalue weighted by Crippen LogP contribution is 2.26. The van der Waals surface area contributed by atoms with E-state index in [9.17, 15) is 4.79 Å². The average molecular weight is 355 g/mol. The Balaban J connectivity index is 1.61. The van der Waals surface area contributed by atoms with Crippen LogP contribution < -0.4 is 14.8 Å². The summed E-state index contributed by atoms with van der Waals surface area (Å²) < 4.78 is 11.3. The van der Waals surface area contributed by atoms with E-state index < -0.39 is 0 Å². The summed E-state index contributed by atoms with van der Waals surface area (Å²) in [5, 5.41) is 2.99. The van der Waals surface area contributed by atoms with Gasteiger partial charge in [0.1, 0.15) is 0 Å². The molecule has 0 bridgehead atoms. The van der Waals surface area contributed by atoms with Crippen LogP contribution >= 0.6 is 0 Å². The second-order valence-corrected chi connectivity index (χ2v) is 6.28. The van der Waals surface area contributed by atoms with Gasteiger partial charge in [-0.1, -0.05) is 49.4 Å². The molecule has 2 aromatic carbocycles. The van der Waals surface area contributed by atoms with Crippen molar-refractivity contribution in [3.8, 4) is 11.5 Å². The van der Waals surface area contributed by atoms with Crippen LogP contribution in [0, 0.1) is 0 Å². The number of amides is 1. The summed E-state index contributed by atoms with van der Waals surface area (Å²) in [6, 6.07) is 18.0. The first-order valence-electron chi connectivity index (χ1n) is 9.37. The molecule has 1 unspecified atom stereocenters. The van der Waals surface area contributed by atoms with Crippen LogP contribution in [-0.4, -0.2) is 25.7 Å². The molecule has 0 spiro atoms. The number of hydrogen-bond acceptors (Lipinski definition) is 3. The van der Waals surface area contributed by atoms with Crippen LogP contribution in [0.4, 0.5) is 0 Å². The first-order valence-corrected chi connectivity index (χ1v) is 9.37. The number of carbonyl (C=O) groups excluding carboxylic acids is 1. The van der Waals surface area contributed by atoms with Gasteiger partial charge < -0.3 is 14.8 Å². The molecule has 140 valence electrons. The van der Waals surface area contributed by atoms with Gasteiger partial charge in [-0.25, -0.2) is 0 Å². The second-order valence-electron chi connectivity index (χ2n) is 6.28. The molecule has 0 aromatic heterocycles. The third-order valence-corrected chi connectivity index (χ3v) is 4.22. The molecule has 0 aliphatic heterocycles. The van der Waals surface area contributed by atoms with Crippen LogP contribution in [0.25, 0.3) is 0 Å². The topological polar surface area (TPSA) is 47.6 Å². The lowest BCUT2D eigenvalue weighted by Crippen LogP contribution is -2.25. The fraction of sp³-hybridized carbons (Fsp3) is 0.409. The Morgan fingerprint density at radius 2 is 1.65 bits per heavy atom. The lowest BCUT2D eigenvalue weighted by Gasteiger charge is -2.13. The molecule has 1 amide bonds. The van der Waals surface area contributed by atoms with E-state index in [1.54, 1.807) is 0 Å². The molecule has 0 heterocycles. The van der Waals surface area contributed by atoms with Crippen LogP contribution in [0.15, 0.2) is 54.6 Å². The number of rotatable bonds is 11. The van der Waals surface area contributed by atoms with Crippen molar-refractivity contribution < 1.29 is 14.3 Å². The van der Waals surface area contributed by atoms with Gasteiger partial charge in [-0.2, -0.15) is 0 Å². The molecule has 4 nitrogen and oxygen atoms in total. The van der Waals surface area contributed by atoms with E-state index in [-0.39, 0.29) is 5.91 Å². The maximum absolute atomic E-state index is 12.0. The smallest absolute Gasteiger partial charge is 0.220 e. The van der Waals surface area contributed by atoms with E-state index >= 15 is 0 Å². The number of ether oxygens (including phenoxy) is 2. The van der Waals surface area contributed by atoms with Crippen LogP contribution in [-0.2, 0) is 4.79 Å². The van der Waals surface area contributed by atoms with Crippen molar-refractivity contribution in [1.82, 2.24) is 5.32 Å². The molecular weight excluding hydrogens is 326 g/mol. The van der Waals surface area contributed by atoms with Crippen molar-refractivity contribution in [2.45, 2.75) is 39.0 Å². The van der Waals surface area contributed by atoms with E-state index in [4.69, 9.17) is 9.47 Å². The Hall–Kier alpha value is -2.49. The number of nitrogens with one attached hydrogen (secondary N) is 1. The SMILES string of the molecule is CCOc1ccccc1OCCCC(=O)NCCC(C)c1ccccc1. The average Bonchev–Trinajstić information content (AvgIpc) is 2.67. The van der Waals surface area contributed by atoms with Gasteiger partial charge in [-0.05, 0) is 43.4 Å². The van der Waals surface area contributed by atoms with Gasteiger partial charge in [0.15, 0.2) is 11.5 Å². The van der Waals surface area contributed by atoms with Crippen LogP contribution in [0.5, 0.6) is 11.5 Å². The zero-order valence-electron chi connectivity index (χ0n) is 15.7. The van der Waals surface area contributed by atoms with Gasteiger partial charge in [-0.3, -0.25) is 4.79 Å². The molecule has 1 atom stereocenters. The van der Waals surface area contributed by atoms with Crippen molar-refractivity contribution >= 4 is 5.91 Å². The third-order valence-electron chi connectivity index (χ3n) is 4.22. The van der Waals surface area contributed by atoms with Crippen LogP contribution in [0.1, 0.15) is 44.6 Å². The van der Waals surface area contributed by atoms with Crippen molar-refractivity contribution in [1.29, 1.82) is 0 Å². The molecule has 0 radical (unpaired) electrons. The summed E-state index contributed by atoms with van der Waals surface area (Å²) in [4.78, 5) is 12.0. The largest absolute Gasteiger partial charge is 0.490 e. The molecule has 4 heteroatoms. The highest BCUT2D eigenvalue weighted by molar-refractivity contribution is 5.75. The minimum Gasteiger partial charge on any atom is -0.490 e. The molecule has 0 aliphatic rings. The molecule has 2 aromatic rings. The summed E-state index contributed by atoms with van der Waals surface area (Å²) in [6.07, 6.45) is 2.09. The zero-order valence-corrected chi connectivity index (χ0v) is 15.7. The highest BCUT2D eigenvalue weighted by Gasteiger charge is 2.07. The van der Waals surface area contributed by atoms with Gasteiger partial charge in [0, 0.05) is 13.0 Å². The summed E-state index contributed by atoms with van der Waals surface area (Å²) in [5.74, 6) is 1.99. The first kappa shape index (κ1) is 19.8. The Morgan fingerprint density at radius 1 is 1.00 bits per heavy atom. The Bertz CT molecular complexity index is 657. The fourth-order valence-corrected chi connectivity index (χ4v) is 2.72. The molecule has 1 N–H and O–H groups in total. The van der Waals surface area contributed by atoms with Gasteiger partial charge in [-0.15, -0.1) is 0 Å². The Labute approximate surface area is 156 Å². The monoisotopic (exact) mass is 355 g/mol. The molecule has 26 heavy (non-hydrogen) atoms. The molecule has 2 rings (SSSR count). The lowest BCUT2D eigenvalue weighted by atomic mass is 9.98. The summed E-state index contributed by atoms with van der Waals surface area (Å²) in [7, 11) is 0. The van der Waals surface area contributed by atoms with E-state index in [0.29, 0.717) is 38.5 Å². The van der Waals surface area contributed by atoms with Crippen molar-refractivity contribution in [3.63, 3.8) is 0 Å². The van der Waals surface area contributed by atoms with Crippen molar-refractivity contribution in [2.24, 2.45) is 0 Å². The van der Waals surface area contributed by atoms with E-state index in [2.05, 4.69) is 24.4 Å². The second kappa shape index (κ2) is 11.2. The summed E-state index contributed by atoms with van der Waals surface area (Å²) in [5.41, 5.74) is 1.31. The van der Waals surface area contributed by atoms with E-state index in [1.807, 2.05) is 49.4 Å². The molecule has 0 saturated heterocycles. The normalized spacial score (nSPS) is 11.6. The summed E-state index contributed by atoms with van der Waals surface area (Å²) in [6.45, 7) is 5.93. The maximum Gasteiger partial charge on any atom is 0.220 e. The van der Waals surface area contributed by atoms with Crippen LogP contribution in [0.2, 0.25) is 0 Å². The van der Waals surface area contributed by atoms with Crippen LogP contribution in [0.3, 0.4) is 0 Å². The number of para-hydroxylation sites is 2. The first-order chi connectivity index (χ1) is 12.7. The molecule has 0 saturated carbocycles. The Morgan fingerprint density at radius 3 is 2.35 bits per heavy atom. The summed E-state index contributed by atoms with van der Waals surface area (Å²) >= 11 is 0. The molecule has 0 aliphatic carbocycles. The third kappa shape index (κ3) is 6.79. The van der Waals surface area contributed by atoms with Crippen molar-refractivity contribution in [2.75, 3.05) is 19.8 Å². The Kier molecular flexibility index (Phi) is 8.53. The highest BCUT2D eigenvalue weighted by atomic mass is 16.5. The minimum atomic E-state index is 0.0759. The lowest BCUT2D eigenvalue weighted by molar-refractivity contribution is -0.121. The molecular formula is C22H29NO3. The quantitative estimate of drug-likeness (QED) is 0.601. The van der Waals surface area contributed by atoms with E-state index in [0.717, 1.165) is 17.9 Å². The number of hydrogen-bond donors (Lipinski definition) is 1. The minimum absolute atomic E-state index is 0.0759. The van der Waals surface area contributed by atoms with Gasteiger partial charge in [0.25, 0.3) is 0 Å². The predicted molar refractivity (Wildman–Crippen MR) is 105 cm³/mol. The van der Waals surface area contributed by atoms with Gasteiger partial charge in [0.05, 0.1) is 13.2 Å². The number of carbonyl (C=O) groups is 1. The fourth-order valence-electron chi connectivity index (χ4n) is 2.72. The zero-order chi connectivity index (χ0) is 18.6. The van der Waals surface area contributed by atoms with Crippen molar-refractivity contribution in [3.05, 3.63) is 60.2 Å². The maximum atomic E-state index is 12.0. The molecule has 0 fully saturated rings. The number of benzene rings is 2. The standard InChI is InChI=1S/C22H29NO3/c1-3-25-20-12-7-8-13-21(20)26-17-9-14-22(24)23-16-15-18(2)19-10-5-4-6-11-19/h4-8,10-13,18H,3,9,14-17H2,1-2H3,(H,23,24). The predicted octanol–water partition coefficient (Wildman–Crippen LogP) is 4.55. The van der Waals surface area contributed by atoms with Gasteiger partial charge in [0.2, 0.25) is 5.91 Å². The van der Waals surface area contributed by atoms with E-state index in [1.165, 1.54) is 5.56 Å². The van der Waals surface area contributed by atoms with Gasteiger partial charge >= 0.3 is 0 Å².